The van der Waals surface area contributed by atoms with Crippen LogP contribution in [-0.4, -0.2) is 23.5 Å². The molecule has 10 heteroatoms. The van der Waals surface area contributed by atoms with Crippen LogP contribution in [0.1, 0.15) is 11.3 Å². The third-order valence-electron chi connectivity index (χ3n) is 2.80. The SMILES string of the molecule is Cc1[nH]ncc1CNS(=O)(=O)c1ccc([N+](=O)[O-])cc1Cl. The Hall–Kier alpha value is -1.97. The van der Waals surface area contributed by atoms with Crippen LogP contribution in [0.25, 0.3) is 0 Å². The van der Waals surface area contributed by atoms with Gasteiger partial charge >= 0.3 is 0 Å². The number of benzene rings is 1. The maximum Gasteiger partial charge on any atom is 0.271 e. The minimum Gasteiger partial charge on any atom is -0.283 e. The molecule has 0 amide bonds. The van der Waals surface area contributed by atoms with Crippen molar-refractivity contribution in [1.82, 2.24) is 14.9 Å². The Morgan fingerprint density at radius 3 is 2.71 bits per heavy atom. The lowest BCUT2D eigenvalue weighted by Gasteiger charge is -2.07. The molecule has 0 radical (unpaired) electrons. The molecule has 0 saturated carbocycles. The maximum atomic E-state index is 12.1. The molecular weight excluding hydrogens is 320 g/mol. The minimum atomic E-state index is -3.87. The monoisotopic (exact) mass is 330 g/mol. The molecule has 0 unspecified atom stereocenters. The summed E-state index contributed by atoms with van der Waals surface area (Å²) in [6.45, 7) is 1.80. The van der Waals surface area contributed by atoms with E-state index in [2.05, 4.69) is 14.9 Å². The number of aryl methyl sites for hydroxylation is 1. The zero-order valence-electron chi connectivity index (χ0n) is 10.8. The van der Waals surface area contributed by atoms with E-state index in [0.717, 1.165) is 23.9 Å². The minimum absolute atomic E-state index is 0.0397. The number of non-ortho nitro benzene ring substituents is 1. The highest BCUT2D eigenvalue weighted by atomic mass is 35.5. The number of nitro benzene ring substituents is 1. The van der Waals surface area contributed by atoms with Crippen LogP contribution in [0.2, 0.25) is 5.02 Å². The van der Waals surface area contributed by atoms with Crippen LogP contribution >= 0.6 is 11.6 Å². The third-order valence-corrected chi connectivity index (χ3v) is 4.69. The summed E-state index contributed by atoms with van der Waals surface area (Å²) >= 11 is 5.81. The molecule has 0 aliphatic rings. The fourth-order valence-electron chi connectivity index (χ4n) is 1.63. The molecule has 1 heterocycles. The van der Waals surface area contributed by atoms with Gasteiger partial charge in [-0.05, 0) is 13.0 Å². The first-order valence-electron chi connectivity index (χ1n) is 5.73. The predicted molar refractivity (Wildman–Crippen MR) is 75.5 cm³/mol. The quantitative estimate of drug-likeness (QED) is 0.639. The zero-order valence-corrected chi connectivity index (χ0v) is 12.4. The fourth-order valence-corrected chi connectivity index (χ4v) is 3.17. The van der Waals surface area contributed by atoms with Crippen molar-refractivity contribution in [3.63, 3.8) is 0 Å². The second-order valence-corrected chi connectivity index (χ2v) is 6.36. The molecule has 2 rings (SSSR count). The van der Waals surface area contributed by atoms with Crippen LogP contribution in [0.15, 0.2) is 29.3 Å². The van der Waals surface area contributed by atoms with Gasteiger partial charge in [0.25, 0.3) is 5.69 Å². The van der Waals surface area contributed by atoms with Crippen LogP contribution in [0.4, 0.5) is 5.69 Å². The summed E-state index contributed by atoms with van der Waals surface area (Å²) in [5, 5.41) is 16.9. The maximum absolute atomic E-state index is 12.1. The summed E-state index contributed by atoms with van der Waals surface area (Å²) in [7, 11) is -3.87. The highest BCUT2D eigenvalue weighted by Crippen LogP contribution is 2.26. The second kappa shape index (κ2) is 5.80. The summed E-state index contributed by atoms with van der Waals surface area (Å²) in [4.78, 5) is 9.74. The first-order valence-corrected chi connectivity index (χ1v) is 7.60. The van der Waals surface area contributed by atoms with Gasteiger partial charge in [-0.1, -0.05) is 11.6 Å². The standard InChI is InChI=1S/C11H11ClN4O4S/c1-7-8(5-13-15-7)6-14-21(19,20)11-3-2-9(16(17)18)4-10(11)12/h2-5,14H,6H2,1H3,(H,13,15). The number of halogens is 1. The third kappa shape index (κ3) is 3.38. The number of sulfonamides is 1. The highest BCUT2D eigenvalue weighted by molar-refractivity contribution is 7.89. The first kappa shape index (κ1) is 15.4. The summed E-state index contributed by atoms with van der Waals surface area (Å²) in [5.41, 5.74) is 1.16. The molecule has 2 N–H and O–H groups in total. The normalized spacial score (nSPS) is 11.5. The zero-order chi connectivity index (χ0) is 15.6. The molecule has 0 aliphatic carbocycles. The van der Waals surface area contributed by atoms with E-state index in [-0.39, 0.29) is 22.2 Å². The van der Waals surface area contributed by atoms with E-state index in [1.807, 2.05) is 0 Å². The molecule has 0 atom stereocenters. The van der Waals surface area contributed by atoms with E-state index >= 15 is 0 Å². The van der Waals surface area contributed by atoms with Crippen molar-refractivity contribution >= 4 is 27.3 Å². The van der Waals surface area contributed by atoms with Gasteiger partial charge < -0.3 is 0 Å². The van der Waals surface area contributed by atoms with Crippen LogP contribution in [0, 0.1) is 17.0 Å². The van der Waals surface area contributed by atoms with Crippen LogP contribution in [0.3, 0.4) is 0 Å². The van der Waals surface area contributed by atoms with Gasteiger partial charge in [-0.3, -0.25) is 15.2 Å². The average molecular weight is 331 g/mol. The number of H-pyrrole nitrogens is 1. The Kier molecular flexibility index (Phi) is 4.26. The van der Waals surface area contributed by atoms with E-state index in [0.29, 0.717) is 5.56 Å². The number of aromatic nitrogens is 2. The van der Waals surface area contributed by atoms with Gasteiger partial charge in [-0.15, -0.1) is 0 Å². The smallest absolute Gasteiger partial charge is 0.271 e. The lowest BCUT2D eigenvalue weighted by atomic mass is 10.3. The molecule has 0 spiro atoms. The first-order chi connectivity index (χ1) is 9.81. The van der Waals surface area contributed by atoms with Crippen molar-refractivity contribution in [2.24, 2.45) is 0 Å². The van der Waals surface area contributed by atoms with E-state index in [1.165, 1.54) is 6.20 Å². The van der Waals surface area contributed by atoms with Crippen molar-refractivity contribution in [2.75, 3.05) is 0 Å². The Bertz CT molecular complexity index is 787. The van der Waals surface area contributed by atoms with Crippen molar-refractivity contribution < 1.29 is 13.3 Å². The number of nitrogens with zero attached hydrogens (tertiary/aromatic N) is 2. The predicted octanol–water partition coefficient (Wildman–Crippen LogP) is 1.76. The van der Waals surface area contributed by atoms with E-state index in [9.17, 15) is 18.5 Å². The molecule has 0 bridgehead atoms. The topological polar surface area (TPSA) is 118 Å². The van der Waals surface area contributed by atoms with Gasteiger partial charge in [-0.25, -0.2) is 13.1 Å². The Morgan fingerprint density at radius 1 is 1.48 bits per heavy atom. The fraction of sp³-hybridized carbons (Fsp3) is 0.182. The highest BCUT2D eigenvalue weighted by Gasteiger charge is 2.20. The van der Waals surface area contributed by atoms with Crippen molar-refractivity contribution in [2.45, 2.75) is 18.4 Å². The Labute approximate surface area is 125 Å². The lowest BCUT2D eigenvalue weighted by molar-refractivity contribution is -0.384. The van der Waals surface area contributed by atoms with Crippen molar-refractivity contribution in [3.8, 4) is 0 Å². The number of rotatable bonds is 5. The van der Waals surface area contributed by atoms with Gasteiger partial charge in [0.15, 0.2) is 0 Å². The molecule has 8 nitrogen and oxygen atoms in total. The molecule has 112 valence electrons. The van der Waals surface area contributed by atoms with E-state index in [1.54, 1.807) is 6.92 Å². The number of hydrogen-bond acceptors (Lipinski definition) is 5. The summed E-state index contributed by atoms with van der Waals surface area (Å²) in [6, 6.07) is 3.19. The largest absolute Gasteiger partial charge is 0.283 e. The molecule has 0 aliphatic heterocycles. The molecule has 1 aromatic carbocycles. The summed E-state index contributed by atoms with van der Waals surface area (Å²) < 4.78 is 26.7. The van der Waals surface area contributed by atoms with E-state index < -0.39 is 14.9 Å². The molecule has 0 fully saturated rings. The van der Waals surface area contributed by atoms with Crippen LogP contribution < -0.4 is 4.72 Å². The van der Waals surface area contributed by atoms with Gasteiger partial charge in [0.05, 0.1) is 16.1 Å². The average Bonchev–Trinajstić information content (AvgIpc) is 2.81. The van der Waals surface area contributed by atoms with Crippen LogP contribution in [-0.2, 0) is 16.6 Å². The number of aromatic amines is 1. The van der Waals surface area contributed by atoms with Gasteiger partial charge in [0.1, 0.15) is 4.90 Å². The van der Waals surface area contributed by atoms with Crippen LogP contribution in [0.5, 0.6) is 0 Å². The van der Waals surface area contributed by atoms with Crippen molar-refractivity contribution in [1.29, 1.82) is 0 Å². The second-order valence-electron chi connectivity index (χ2n) is 4.22. The number of nitro groups is 1. The summed E-state index contributed by atoms with van der Waals surface area (Å²) in [6.07, 6.45) is 1.51. The molecule has 1 aromatic heterocycles. The number of hydrogen-bond donors (Lipinski definition) is 2. The Balaban J connectivity index is 2.23. The van der Waals surface area contributed by atoms with Gasteiger partial charge in [0.2, 0.25) is 10.0 Å². The summed E-state index contributed by atoms with van der Waals surface area (Å²) in [5.74, 6) is 0. The molecule has 21 heavy (non-hydrogen) atoms. The van der Waals surface area contributed by atoms with Gasteiger partial charge in [-0.2, -0.15) is 5.10 Å². The van der Waals surface area contributed by atoms with Gasteiger partial charge in [0, 0.05) is 29.9 Å². The molecule has 2 aromatic rings. The Morgan fingerprint density at radius 2 is 2.19 bits per heavy atom. The van der Waals surface area contributed by atoms with E-state index in [4.69, 9.17) is 11.6 Å². The van der Waals surface area contributed by atoms with Crippen molar-refractivity contribution in [3.05, 3.63) is 50.8 Å². The lowest BCUT2D eigenvalue weighted by Crippen LogP contribution is -2.23. The molecule has 0 saturated heterocycles. The molecular formula is C11H11ClN4O4S. The number of nitrogens with one attached hydrogen (secondary N) is 2.